The number of carbonyl (C=O) groups is 2. The fourth-order valence-corrected chi connectivity index (χ4v) is 3.45. The van der Waals surface area contributed by atoms with Crippen molar-refractivity contribution in [3.05, 3.63) is 23.8 Å². The van der Waals surface area contributed by atoms with Gasteiger partial charge in [0.05, 0.1) is 19.8 Å². The highest BCUT2D eigenvalue weighted by Gasteiger charge is 2.29. The quantitative estimate of drug-likeness (QED) is 0.671. The first-order chi connectivity index (χ1) is 11.1. The van der Waals surface area contributed by atoms with E-state index in [1.807, 2.05) is 0 Å². The Morgan fingerprint density at radius 2 is 1.88 bits per heavy atom. The van der Waals surface area contributed by atoms with E-state index in [0.29, 0.717) is 0 Å². The van der Waals surface area contributed by atoms with Crippen LogP contribution < -0.4 is 9.46 Å². The Balaban J connectivity index is 3.29. The van der Waals surface area contributed by atoms with E-state index in [-0.39, 0.29) is 28.5 Å². The van der Waals surface area contributed by atoms with E-state index < -0.39 is 28.0 Å². The zero-order valence-electron chi connectivity index (χ0n) is 13.9. The predicted octanol–water partition coefficient (Wildman–Crippen LogP) is 1.26. The molecule has 0 aliphatic rings. The second-order valence-corrected chi connectivity index (χ2v) is 7.18. The number of methoxy groups -OCH3 is 2. The van der Waals surface area contributed by atoms with Crippen molar-refractivity contribution >= 4 is 22.0 Å². The molecular weight excluding hydrogens is 338 g/mol. The lowest BCUT2D eigenvalue weighted by molar-refractivity contribution is -0.139. The van der Waals surface area contributed by atoms with Crippen LogP contribution in [0, 0.1) is 5.92 Å². The number of carbonyl (C=O) groups excluding carboxylic acids is 1. The van der Waals surface area contributed by atoms with Crippen molar-refractivity contribution in [2.45, 2.75) is 31.2 Å². The molecule has 1 aromatic carbocycles. The highest BCUT2D eigenvalue weighted by molar-refractivity contribution is 7.89. The van der Waals surface area contributed by atoms with Gasteiger partial charge < -0.3 is 14.6 Å². The number of carboxylic acid groups (broad SMARTS) is 1. The van der Waals surface area contributed by atoms with Crippen LogP contribution in [-0.2, 0) is 19.6 Å². The highest BCUT2D eigenvalue weighted by atomic mass is 32.2. The summed E-state index contributed by atoms with van der Waals surface area (Å²) < 4.78 is 36.8. The van der Waals surface area contributed by atoms with Crippen molar-refractivity contribution in [1.82, 2.24) is 4.72 Å². The molecule has 0 fully saturated rings. The average Bonchev–Trinajstić information content (AvgIpc) is 2.52. The lowest BCUT2D eigenvalue weighted by Gasteiger charge is -2.18. The largest absolute Gasteiger partial charge is 0.495 e. The van der Waals surface area contributed by atoms with Gasteiger partial charge in [0, 0.05) is 0 Å². The van der Waals surface area contributed by atoms with Gasteiger partial charge in [0.25, 0.3) is 0 Å². The van der Waals surface area contributed by atoms with Crippen LogP contribution in [0.25, 0.3) is 0 Å². The Bertz CT molecular complexity index is 713. The summed E-state index contributed by atoms with van der Waals surface area (Å²) in [4.78, 5) is 22.6. The van der Waals surface area contributed by atoms with Crippen LogP contribution >= 0.6 is 0 Å². The third-order valence-electron chi connectivity index (χ3n) is 3.18. The van der Waals surface area contributed by atoms with Crippen LogP contribution in [0.15, 0.2) is 23.1 Å². The van der Waals surface area contributed by atoms with Gasteiger partial charge in [0.1, 0.15) is 16.7 Å². The first-order valence-corrected chi connectivity index (χ1v) is 8.62. The molecule has 0 saturated carbocycles. The van der Waals surface area contributed by atoms with Gasteiger partial charge in [0.15, 0.2) is 0 Å². The van der Waals surface area contributed by atoms with E-state index in [0.717, 1.165) is 6.07 Å². The number of rotatable bonds is 8. The molecule has 0 aliphatic heterocycles. The molecule has 0 radical (unpaired) electrons. The van der Waals surface area contributed by atoms with E-state index in [1.165, 1.54) is 26.4 Å². The summed E-state index contributed by atoms with van der Waals surface area (Å²) in [7, 11) is -1.78. The molecule has 0 bridgehead atoms. The maximum atomic E-state index is 12.6. The number of esters is 1. The van der Waals surface area contributed by atoms with Crippen molar-refractivity contribution in [3.8, 4) is 5.75 Å². The second kappa shape index (κ2) is 8.11. The van der Waals surface area contributed by atoms with Crippen molar-refractivity contribution in [2.75, 3.05) is 14.2 Å². The second-order valence-electron chi connectivity index (χ2n) is 5.50. The van der Waals surface area contributed by atoms with Crippen LogP contribution in [0.4, 0.5) is 0 Å². The van der Waals surface area contributed by atoms with Crippen molar-refractivity contribution in [1.29, 1.82) is 0 Å². The molecule has 0 spiro atoms. The summed E-state index contributed by atoms with van der Waals surface area (Å²) in [5.41, 5.74) is 0.00871. The highest BCUT2D eigenvalue weighted by Crippen LogP contribution is 2.26. The molecule has 8 nitrogen and oxygen atoms in total. The summed E-state index contributed by atoms with van der Waals surface area (Å²) in [6, 6.07) is 2.45. The Morgan fingerprint density at radius 3 is 2.33 bits per heavy atom. The number of benzene rings is 1. The standard InChI is InChI=1S/C15H21NO7S/c1-9(2)7-11(14(17)18)16-24(20,21)13-8-10(15(19)23-4)5-6-12(13)22-3/h5-6,8-9,11,16H,7H2,1-4H3,(H,17,18)/t11-/m1/s1. The number of nitrogens with one attached hydrogen (secondary N) is 1. The molecule has 9 heteroatoms. The molecule has 0 aromatic heterocycles. The number of hydrogen-bond donors (Lipinski definition) is 2. The number of aliphatic carboxylic acids is 1. The zero-order chi connectivity index (χ0) is 18.5. The van der Waals surface area contributed by atoms with Gasteiger partial charge >= 0.3 is 11.9 Å². The van der Waals surface area contributed by atoms with Crippen LogP contribution in [0.5, 0.6) is 5.75 Å². The molecule has 0 amide bonds. The molecule has 0 aliphatic carbocycles. The minimum Gasteiger partial charge on any atom is -0.495 e. The monoisotopic (exact) mass is 359 g/mol. The molecular formula is C15H21NO7S. The minimum absolute atomic E-state index is 0.00871. The molecule has 0 heterocycles. The topological polar surface area (TPSA) is 119 Å². The Kier molecular flexibility index (Phi) is 6.73. The minimum atomic E-state index is -4.22. The van der Waals surface area contributed by atoms with E-state index in [1.54, 1.807) is 13.8 Å². The first kappa shape index (κ1) is 19.9. The van der Waals surface area contributed by atoms with Crippen molar-refractivity contribution < 1.29 is 32.6 Å². The normalized spacial score (nSPS) is 12.7. The Labute approximate surface area is 140 Å². The molecule has 2 N–H and O–H groups in total. The van der Waals surface area contributed by atoms with Crippen LogP contribution in [0.3, 0.4) is 0 Å². The smallest absolute Gasteiger partial charge is 0.337 e. The van der Waals surface area contributed by atoms with Gasteiger partial charge in [-0.25, -0.2) is 13.2 Å². The lowest BCUT2D eigenvalue weighted by atomic mass is 10.1. The maximum Gasteiger partial charge on any atom is 0.337 e. The molecule has 24 heavy (non-hydrogen) atoms. The molecule has 1 rings (SSSR count). The number of carboxylic acids is 1. The Hall–Kier alpha value is -2.13. The number of ether oxygens (including phenoxy) is 2. The first-order valence-electron chi connectivity index (χ1n) is 7.13. The fourth-order valence-electron chi connectivity index (χ4n) is 2.05. The average molecular weight is 359 g/mol. The van der Waals surface area contributed by atoms with Gasteiger partial charge in [-0.2, -0.15) is 4.72 Å². The Morgan fingerprint density at radius 1 is 1.25 bits per heavy atom. The third-order valence-corrected chi connectivity index (χ3v) is 4.67. The van der Waals surface area contributed by atoms with E-state index in [9.17, 15) is 23.1 Å². The molecule has 0 unspecified atom stereocenters. The van der Waals surface area contributed by atoms with Gasteiger partial charge in [-0.15, -0.1) is 0 Å². The number of sulfonamides is 1. The lowest BCUT2D eigenvalue weighted by Crippen LogP contribution is -2.41. The van der Waals surface area contributed by atoms with E-state index in [4.69, 9.17) is 4.74 Å². The number of hydrogen-bond acceptors (Lipinski definition) is 6. The van der Waals surface area contributed by atoms with Gasteiger partial charge in [-0.3, -0.25) is 4.79 Å². The molecule has 1 aromatic rings. The third kappa shape index (κ3) is 4.93. The summed E-state index contributed by atoms with van der Waals surface area (Å²) >= 11 is 0. The summed E-state index contributed by atoms with van der Waals surface area (Å²) in [6.07, 6.45) is 0.119. The zero-order valence-corrected chi connectivity index (χ0v) is 14.7. The van der Waals surface area contributed by atoms with Gasteiger partial charge in [-0.05, 0) is 30.5 Å². The van der Waals surface area contributed by atoms with Crippen LogP contribution in [0.1, 0.15) is 30.6 Å². The summed E-state index contributed by atoms with van der Waals surface area (Å²) in [6.45, 7) is 3.56. The summed E-state index contributed by atoms with van der Waals surface area (Å²) in [5.74, 6) is -2.04. The van der Waals surface area contributed by atoms with E-state index >= 15 is 0 Å². The molecule has 0 saturated heterocycles. The summed E-state index contributed by atoms with van der Waals surface area (Å²) in [5, 5.41) is 9.21. The SMILES string of the molecule is COC(=O)c1ccc(OC)c(S(=O)(=O)N[C@H](CC(C)C)C(=O)O)c1. The predicted molar refractivity (Wildman–Crippen MR) is 85.5 cm³/mol. The fraction of sp³-hybridized carbons (Fsp3) is 0.467. The van der Waals surface area contributed by atoms with Crippen LogP contribution in [0.2, 0.25) is 0 Å². The van der Waals surface area contributed by atoms with Gasteiger partial charge in [-0.1, -0.05) is 13.8 Å². The van der Waals surface area contributed by atoms with Crippen molar-refractivity contribution in [2.24, 2.45) is 5.92 Å². The van der Waals surface area contributed by atoms with Gasteiger partial charge in [0.2, 0.25) is 10.0 Å². The maximum absolute atomic E-state index is 12.6. The molecule has 1 atom stereocenters. The molecule has 134 valence electrons. The van der Waals surface area contributed by atoms with E-state index in [2.05, 4.69) is 9.46 Å². The van der Waals surface area contributed by atoms with Crippen LogP contribution in [-0.4, -0.2) is 45.7 Å². The van der Waals surface area contributed by atoms with Crippen molar-refractivity contribution in [3.63, 3.8) is 0 Å².